The van der Waals surface area contributed by atoms with Crippen molar-refractivity contribution in [2.75, 3.05) is 26.2 Å². The van der Waals surface area contributed by atoms with E-state index in [1.807, 2.05) is 4.90 Å². The van der Waals surface area contributed by atoms with Crippen LogP contribution in [-0.2, 0) is 0 Å². The molecule has 0 unspecified atom stereocenters. The van der Waals surface area contributed by atoms with E-state index in [2.05, 4.69) is 5.32 Å². The maximum atomic E-state index is 12.4. The Hall–Kier alpha value is -1.95. The van der Waals surface area contributed by atoms with E-state index >= 15 is 0 Å². The van der Waals surface area contributed by atoms with Crippen LogP contribution < -0.4 is 5.32 Å². The van der Waals surface area contributed by atoms with Gasteiger partial charge in [-0.15, -0.1) is 0 Å². The molecule has 1 aromatic rings. The number of likely N-dealkylation sites (tertiary alicyclic amines) is 1. The zero-order chi connectivity index (χ0) is 14.1. The molecule has 0 radical (unpaired) electrons. The number of piperidine rings is 2. The van der Waals surface area contributed by atoms with Crippen LogP contribution in [0.2, 0.25) is 0 Å². The molecular weight excluding hydrogens is 258 g/mol. The van der Waals surface area contributed by atoms with Crippen LogP contribution in [-0.4, -0.2) is 41.9 Å². The molecule has 0 aliphatic carbocycles. The van der Waals surface area contributed by atoms with E-state index in [4.69, 9.17) is 0 Å². The number of fused-ring (bicyclic) bond motifs is 2. The number of nitro groups is 1. The van der Waals surface area contributed by atoms with E-state index in [0.29, 0.717) is 17.4 Å². The summed E-state index contributed by atoms with van der Waals surface area (Å²) < 4.78 is 0. The van der Waals surface area contributed by atoms with Gasteiger partial charge in [0, 0.05) is 30.8 Å². The van der Waals surface area contributed by atoms with Crippen LogP contribution in [0.5, 0.6) is 0 Å². The number of hydrogen-bond donors (Lipinski definition) is 1. The molecule has 106 valence electrons. The topological polar surface area (TPSA) is 75.5 Å². The minimum absolute atomic E-state index is 0.0151. The third-order valence-electron chi connectivity index (χ3n) is 4.10. The number of nitrogens with zero attached hydrogens (tertiary/aromatic N) is 2. The number of carbonyl (C=O) groups excluding carboxylic acids is 1. The summed E-state index contributed by atoms with van der Waals surface area (Å²) >= 11 is 0. The molecule has 0 spiro atoms. The van der Waals surface area contributed by atoms with Crippen molar-refractivity contribution in [3.63, 3.8) is 0 Å². The molecule has 0 aromatic heterocycles. The fourth-order valence-corrected chi connectivity index (χ4v) is 3.18. The van der Waals surface area contributed by atoms with E-state index < -0.39 is 4.92 Å². The van der Waals surface area contributed by atoms with Gasteiger partial charge in [0.2, 0.25) is 0 Å². The van der Waals surface area contributed by atoms with Gasteiger partial charge in [0.15, 0.2) is 0 Å². The van der Waals surface area contributed by atoms with Crippen LogP contribution in [0.4, 0.5) is 5.69 Å². The van der Waals surface area contributed by atoms with Gasteiger partial charge < -0.3 is 10.2 Å². The van der Waals surface area contributed by atoms with Crippen molar-refractivity contribution in [1.82, 2.24) is 10.2 Å². The molecular formula is C14H17N3O3. The Morgan fingerprint density at radius 1 is 1.20 bits per heavy atom. The summed E-state index contributed by atoms with van der Waals surface area (Å²) in [5, 5.41) is 14.0. The van der Waals surface area contributed by atoms with Crippen molar-refractivity contribution in [3.05, 3.63) is 39.9 Å². The van der Waals surface area contributed by atoms with Gasteiger partial charge in [0.05, 0.1) is 4.92 Å². The van der Waals surface area contributed by atoms with Gasteiger partial charge in [-0.3, -0.25) is 14.9 Å². The van der Waals surface area contributed by atoms with Crippen molar-refractivity contribution < 1.29 is 9.72 Å². The monoisotopic (exact) mass is 275 g/mol. The quantitative estimate of drug-likeness (QED) is 0.651. The number of hydrogen-bond acceptors (Lipinski definition) is 4. The number of rotatable bonds is 2. The van der Waals surface area contributed by atoms with Crippen LogP contribution >= 0.6 is 0 Å². The number of carbonyl (C=O) groups is 1. The molecule has 1 amide bonds. The Balaban J connectivity index is 1.73. The van der Waals surface area contributed by atoms with Gasteiger partial charge in [0.25, 0.3) is 11.6 Å². The van der Waals surface area contributed by atoms with Crippen molar-refractivity contribution >= 4 is 11.6 Å². The smallest absolute Gasteiger partial charge is 0.269 e. The average Bonchev–Trinajstić information content (AvgIpc) is 2.46. The number of benzene rings is 1. The van der Waals surface area contributed by atoms with Crippen molar-refractivity contribution in [1.29, 1.82) is 0 Å². The number of non-ortho nitro benzene ring substituents is 1. The SMILES string of the molecule is O=C(c1ccc([N+](=O)[O-])cc1)N1C[C@@H]2CNC[C@@H](C2)C1. The molecule has 1 aromatic carbocycles. The Bertz CT molecular complexity index is 517. The molecule has 0 saturated carbocycles. The fraction of sp³-hybridized carbons (Fsp3) is 0.500. The summed E-state index contributed by atoms with van der Waals surface area (Å²) in [6, 6.07) is 5.87. The standard InChI is InChI=1S/C14H17N3O3/c18-14(12-1-3-13(4-2-12)17(19)20)16-8-10-5-11(9-16)7-15-6-10/h1-4,10-11,15H,5-9H2/t10-,11+. The Morgan fingerprint density at radius 3 is 2.35 bits per heavy atom. The van der Waals surface area contributed by atoms with Gasteiger partial charge in [-0.1, -0.05) is 0 Å². The molecule has 2 fully saturated rings. The zero-order valence-electron chi connectivity index (χ0n) is 11.1. The second kappa shape index (κ2) is 5.20. The highest BCUT2D eigenvalue weighted by molar-refractivity contribution is 5.94. The lowest BCUT2D eigenvalue weighted by Crippen LogP contribution is -2.52. The molecule has 6 heteroatoms. The third kappa shape index (κ3) is 2.51. The summed E-state index contributed by atoms with van der Waals surface area (Å²) in [5.74, 6) is 1.05. The van der Waals surface area contributed by atoms with E-state index in [-0.39, 0.29) is 11.6 Å². The zero-order valence-corrected chi connectivity index (χ0v) is 11.1. The van der Waals surface area contributed by atoms with Gasteiger partial charge in [0.1, 0.15) is 0 Å². The maximum absolute atomic E-state index is 12.4. The van der Waals surface area contributed by atoms with E-state index in [1.165, 1.54) is 18.6 Å². The molecule has 6 nitrogen and oxygen atoms in total. The molecule has 2 heterocycles. The lowest BCUT2D eigenvalue weighted by atomic mass is 9.85. The first-order valence-corrected chi connectivity index (χ1v) is 6.88. The number of amides is 1. The van der Waals surface area contributed by atoms with Gasteiger partial charge in [-0.2, -0.15) is 0 Å². The van der Waals surface area contributed by atoms with Crippen molar-refractivity contribution in [3.8, 4) is 0 Å². The molecule has 1 N–H and O–H groups in total. The molecule has 2 saturated heterocycles. The van der Waals surface area contributed by atoms with E-state index in [9.17, 15) is 14.9 Å². The van der Waals surface area contributed by atoms with Gasteiger partial charge in [-0.25, -0.2) is 0 Å². The van der Waals surface area contributed by atoms with Crippen LogP contribution in [0.25, 0.3) is 0 Å². The Morgan fingerprint density at radius 2 is 1.80 bits per heavy atom. The Kier molecular flexibility index (Phi) is 3.40. The second-order valence-electron chi connectivity index (χ2n) is 5.64. The maximum Gasteiger partial charge on any atom is 0.269 e. The largest absolute Gasteiger partial charge is 0.338 e. The number of nitro benzene ring substituents is 1. The molecule has 2 bridgehead atoms. The minimum Gasteiger partial charge on any atom is -0.338 e. The van der Waals surface area contributed by atoms with Gasteiger partial charge >= 0.3 is 0 Å². The van der Waals surface area contributed by atoms with Crippen LogP contribution in [0.15, 0.2) is 24.3 Å². The summed E-state index contributed by atoms with van der Waals surface area (Å²) in [6.07, 6.45) is 1.19. The molecule has 2 atom stereocenters. The average molecular weight is 275 g/mol. The Labute approximate surface area is 116 Å². The molecule has 2 aliphatic rings. The predicted molar refractivity (Wildman–Crippen MR) is 73.5 cm³/mol. The molecule has 20 heavy (non-hydrogen) atoms. The van der Waals surface area contributed by atoms with Crippen molar-refractivity contribution in [2.45, 2.75) is 6.42 Å². The van der Waals surface area contributed by atoms with E-state index in [0.717, 1.165) is 26.2 Å². The first-order valence-electron chi connectivity index (χ1n) is 6.88. The van der Waals surface area contributed by atoms with Crippen LogP contribution in [0, 0.1) is 22.0 Å². The highest BCUT2D eigenvalue weighted by Gasteiger charge is 2.32. The first kappa shape index (κ1) is 13.1. The summed E-state index contributed by atoms with van der Waals surface area (Å²) in [5.41, 5.74) is 0.546. The second-order valence-corrected chi connectivity index (χ2v) is 5.64. The fourth-order valence-electron chi connectivity index (χ4n) is 3.18. The van der Waals surface area contributed by atoms with Gasteiger partial charge in [-0.05, 0) is 43.5 Å². The summed E-state index contributed by atoms with van der Waals surface area (Å²) in [4.78, 5) is 24.5. The lowest BCUT2D eigenvalue weighted by Gasteiger charge is -2.41. The minimum atomic E-state index is -0.453. The number of nitrogens with one attached hydrogen (secondary N) is 1. The highest BCUT2D eigenvalue weighted by Crippen LogP contribution is 2.25. The van der Waals surface area contributed by atoms with Crippen LogP contribution in [0.3, 0.4) is 0 Å². The summed E-state index contributed by atoms with van der Waals surface area (Å²) in [6.45, 7) is 3.50. The van der Waals surface area contributed by atoms with Crippen molar-refractivity contribution in [2.24, 2.45) is 11.8 Å². The predicted octanol–water partition coefficient (Wildman–Crippen LogP) is 1.28. The molecule has 2 aliphatic heterocycles. The third-order valence-corrected chi connectivity index (χ3v) is 4.10. The highest BCUT2D eigenvalue weighted by atomic mass is 16.6. The summed E-state index contributed by atoms with van der Waals surface area (Å²) in [7, 11) is 0. The first-order chi connectivity index (χ1) is 9.63. The van der Waals surface area contributed by atoms with E-state index in [1.54, 1.807) is 12.1 Å². The molecule has 3 rings (SSSR count). The van der Waals surface area contributed by atoms with Crippen LogP contribution in [0.1, 0.15) is 16.8 Å². The lowest BCUT2D eigenvalue weighted by molar-refractivity contribution is -0.384. The normalized spacial score (nSPS) is 25.3.